The first-order valence-corrected chi connectivity index (χ1v) is 8.65. The number of hydrogen-bond acceptors (Lipinski definition) is 7. The van der Waals surface area contributed by atoms with Gasteiger partial charge in [-0.2, -0.15) is 0 Å². The molecule has 0 N–H and O–H groups in total. The van der Waals surface area contributed by atoms with E-state index in [0.717, 1.165) is 0 Å². The van der Waals surface area contributed by atoms with Crippen LogP contribution in [-0.2, 0) is 28.8 Å². The van der Waals surface area contributed by atoms with Crippen molar-refractivity contribution in [2.45, 2.75) is 19.8 Å². The maximum absolute atomic E-state index is 12.2. The predicted octanol–water partition coefficient (Wildman–Crippen LogP) is -0.178. The second-order valence-corrected chi connectivity index (χ2v) is 6.43. The molecule has 0 aromatic heterocycles. The highest BCUT2D eigenvalue weighted by Crippen LogP contribution is 2.15. The summed E-state index contributed by atoms with van der Waals surface area (Å²) in [6.45, 7) is 4.10. The largest absolute Gasteiger partial charge is 0.378 e. The van der Waals surface area contributed by atoms with E-state index in [1.54, 1.807) is 4.90 Å². The van der Waals surface area contributed by atoms with Crippen LogP contribution >= 0.6 is 11.8 Å². The minimum absolute atomic E-state index is 0.0161. The Labute approximate surface area is 138 Å². The fourth-order valence-electron chi connectivity index (χ4n) is 2.27. The normalized spacial score (nSPS) is 19.9. The van der Waals surface area contributed by atoms with Crippen LogP contribution in [0.4, 0.5) is 0 Å². The van der Waals surface area contributed by atoms with Gasteiger partial charge in [0.1, 0.15) is 0 Å². The van der Waals surface area contributed by atoms with E-state index in [1.165, 1.54) is 11.8 Å². The van der Waals surface area contributed by atoms with Crippen molar-refractivity contribution in [3.63, 3.8) is 0 Å². The lowest BCUT2D eigenvalue weighted by Crippen LogP contribution is -2.43. The Bertz CT molecular complexity index is 476. The molecule has 2 aliphatic rings. The van der Waals surface area contributed by atoms with Crippen LogP contribution in [0.2, 0.25) is 0 Å². The number of carbonyl (C=O) groups is 4. The first kappa shape index (κ1) is 17.7. The van der Waals surface area contributed by atoms with Crippen molar-refractivity contribution in [3.8, 4) is 0 Å². The molecule has 0 bridgehead atoms. The molecule has 0 aromatic rings. The highest BCUT2D eigenvalue weighted by Gasteiger charge is 2.32. The molecular weight excluding hydrogens is 324 g/mol. The summed E-state index contributed by atoms with van der Waals surface area (Å²) >= 11 is 1.25. The van der Waals surface area contributed by atoms with E-state index in [9.17, 15) is 19.2 Å². The number of imide groups is 1. The monoisotopic (exact) mass is 344 g/mol. The van der Waals surface area contributed by atoms with Crippen molar-refractivity contribution in [2.24, 2.45) is 5.92 Å². The smallest absolute Gasteiger partial charge is 0.342 e. The SMILES string of the molecule is CC(CSCC(=O)ON1C(=O)CCC1=O)C(=O)N1CCOCC1. The van der Waals surface area contributed by atoms with Gasteiger partial charge >= 0.3 is 5.97 Å². The third kappa shape index (κ3) is 4.93. The highest BCUT2D eigenvalue weighted by molar-refractivity contribution is 7.99. The van der Waals surface area contributed by atoms with Crippen LogP contribution in [0.1, 0.15) is 19.8 Å². The number of ether oxygens (including phenoxy) is 1. The van der Waals surface area contributed by atoms with Crippen LogP contribution in [0.25, 0.3) is 0 Å². The molecule has 9 heteroatoms. The fourth-order valence-corrected chi connectivity index (χ4v) is 3.11. The van der Waals surface area contributed by atoms with Gasteiger partial charge in [-0.25, -0.2) is 4.79 Å². The number of hydroxylamine groups is 2. The lowest BCUT2D eigenvalue weighted by Gasteiger charge is -2.29. The number of nitrogens with zero attached hydrogens (tertiary/aromatic N) is 2. The molecule has 0 aliphatic carbocycles. The zero-order valence-electron chi connectivity index (χ0n) is 13.0. The van der Waals surface area contributed by atoms with Crippen molar-refractivity contribution in [3.05, 3.63) is 0 Å². The molecule has 2 rings (SSSR count). The minimum Gasteiger partial charge on any atom is -0.378 e. The van der Waals surface area contributed by atoms with Crippen molar-refractivity contribution in [2.75, 3.05) is 37.8 Å². The molecule has 8 nitrogen and oxygen atoms in total. The Kier molecular flexibility index (Phi) is 6.40. The van der Waals surface area contributed by atoms with Gasteiger partial charge in [0.25, 0.3) is 11.8 Å². The first-order chi connectivity index (χ1) is 11.0. The van der Waals surface area contributed by atoms with Gasteiger partial charge in [-0.3, -0.25) is 14.4 Å². The number of rotatable bonds is 6. The Balaban J connectivity index is 1.67. The third-order valence-electron chi connectivity index (χ3n) is 3.53. The van der Waals surface area contributed by atoms with E-state index in [0.29, 0.717) is 37.1 Å². The molecule has 0 aromatic carbocycles. The standard InChI is InChI=1S/C14H20N2O6S/c1-10(14(20)15-4-6-21-7-5-15)8-23-9-13(19)22-16-11(17)2-3-12(16)18/h10H,2-9H2,1H3. The summed E-state index contributed by atoms with van der Waals surface area (Å²) in [5.74, 6) is -1.39. The topological polar surface area (TPSA) is 93.2 Å². The Hall–Kier alpha value is -1.61. The number of carbonyl (C=O) groups excluding carboxylic acids is 4. The van der Waals surface area contributed by atoms with Crippen molar-refractivity contribution >= 4 is 35.5 Å². The van der Waals surface area contributed by atoms with Crippen molar-refractivity contribution in [1.29, 1.82) is 0 Å². The second-order valence-electron chi connectivity index (χ2n) is 5.40. The Morgan fingerprint density at radius 1 is 1.22 bits per heavy atom. The Morgan fingerprint density at radius 2 is 1.83 bits per heavy atom. The maximum atomic E-state index is 12.2. The molecule has 1 atom stereocenters. The molecule has 23 heavy (non-hydrogen) atoms. The fraction of sp³-hybridized carbons (Fsp3) is 0.714. The molecule has 2 fully saturated rings. The molecular formula is C14H20N2O6S. The van der Waals surface area contributed by atoms with E-state index < -0.39 is 17.8 Å². The molecule has 3 amide bonds. The molecule has 2 heterocycles. The van der Waals surface area contributed by atoms with Gasteiger partial charge in [-0.05, 0) is 0 Å². The van der Waals surface area contributed by atoms with Gasteiger partial charge < -0.3 is 14.5 Å². The number of thioether (sulfide) groups is 1. The predicted molar refractivity (Wildman–Crippen MR) is 81.1 cm³/mol. The van der Waals surface area contributed by atoms with Crippen LogP contribution in [0.15, 0.2) is 0 Å². The quantitative estimate of drug-likeness (QED) is 0.617. The minimum atomic E-state index is -0.662. The third-order valence-corrected chi connectivity index (χ3v) is 4.71. The van der Waals surface area contributed by atoms with Gasteiger partial charge in [-0.1, -0.05) is 6.92 Å². The van der Waals surface area contributed by atoms with Crippen molar-refractivity contribution in [1.82, 2.24) is 9.96 Å². The summed E-state index contributed by atoms with van der Waals surface area (Å²) in [6.07, 6.45) is 0.148. The summed E-state index contributed by atoms with van der Waals surface area (Å²) in [6, 6.07) is 0. The number of hydrogen-bond donors (Lipinski definition) is 0. The number of morpholine rings is 1. The molecule has 128 valence electrons. The summed E-state index contributed by atoms with van der Waals surface area (Å²) in [7, 11) is 0. The van der Waals surface area contributed by atoms with Crippen LogP contribution < -0.4 is 0 Å². The number of amides is 3. The summed E-state index contributed by atoms with van der Waals surface area (Å²) < 4.78 is 5.20. The lowest BCUT2D eigenvalue weighted by molar-refractivity contribution is -0.195. The lowest BCUT2D eigenvalue weighted by atomic mass is 10.2. The van der Waals surface area contributed by atoms with E-state index in [-0.39, 0.29) is 30.4 Å². The molecule has 0 spiro atoms. The first-order valence-electron chi connectivity index (χ1n) is 7.50. The average molecular weight is 344 g/mol. The van der Waals surface area contributed by atoms with Crippen LogP contribution in [0.5, 0.6) is 0 Å². The highest BCUT2D eigenvalue weighted by atomic mass is 32.2. The zero-order chi connectivity index (χ0) is 16.8. The van der Waals surface area contributed by atoms with Crippen LogP contribution in [0.3, 0.4) is 0 Å². The van der Waals surface area contributed by atoms with Gasteiger partial charge in [0.15, 0.2) is 0 Å². The van der Waals surface area contributed by atoms with E-state index in [4.69, 9.17) is 9.57 Å². The zero-order valence-corrected chi connectivity index (χ0v) is 13.8. The van der Waals surface area contributed by atoms with Crippen LogP contribution in [0, 0.1) is 5.92 Å². The molecule has 2 saturated heterocycles. The Morgan fingerprint density at radius 3 is 2.43 bits per heavy atom. The summed E-state index contributed by atoms with van der Waals surface area (Å²) in [5, 5.41) is 0.533. The maximum Gasteiger partial charge on any atom is 0.342 e. The van der Waals surface area contributed by atoms with Gasteiger partial charge in [0.2, 0.25) is 5.91 Å². The van der Waals surface area contributed by atoms with Gasteiger partial charge in [0, 0.05) is 37.6 Å². The molecule has 0 radical (unpaired) electrons. The van der Waals surface area contributed by atoms with Crippen LogP contribution in [-0.4, -0.2) is 71.5 Å². The van der Waals surface area contributed by atoms with Gasteiger partial charge in [0.05, 0.1) is 19.0 Å². The van der Waals surface area contributed by atoms with Gasteiger partial charge in [-0.15, -0.1) is 16.8 Å². The molecule has 2 aliphatic heterocycles. The van der Waals surface area contributed by atoms with E-state index in [1.807, 2.05) is 6.92 Å². The van der Waals surface area contributed by atoms with E-state index in [2.05, 4.69) is 0 Å². The van der Waals surface area contributed by atoms with E-state index >= 15 is 0 Å². The second kappa shape index (κ2) is 8.30. The summed E-state index contributed by atoms with van der Waals surface area (Å²) in [5.41, 5.74) is 0. The molecule has 1 unspecified atom stereocenters. The summed E-state index contributed by atoms with van der Waals surface area (Å²) in [4.78, 5) is 53.0. The average Bonchev–Trinajstić information content (AvgIpc) is 2.86. The molecule has 0 saturated carbocycles. The van der Waals surface area contributed by atoms with Crippen molar-refractivity contribution < 1.29 is 28.8 Å².